The fourth-order valence-electron chi connectivity index (χ4n) is 2.49. The Morgan fingerprint density at radius 2 is 2.25 bits per heavy atom. The van der Waals surface area contributed by atoms with Gasteiger partial charge in [0.1, 0.15) is 0 Å². The molecule has 1 rings (SSSR count). The first-order valence-electron chi connectivity index (χ1n) is 6.20. The maximum Gasteiger partial charge on any atom is 0.237 e. The van der Waals surface area contributed by atoms with E-state index in [2.05, 4.69) is 17.1 Å². The number of primary amides is 1. The summed E-state index contributed by atoms with van der Waals surface area (Å²) in [5.41, 5.74) is 5.12. The number of nitrogens with one attached hydrogen (secondary N) is 1. The molecule has 4 nitrogen and oxygen atoms in total. The fraction of sp³-hybridized carbons (Fsp3) is 0.917. The van der Waals surface area contributed by atoms with Crippen LogP contribution in [-0.4, -0.2) is 43.5 Å². The van der Waals surface area contributed by atoms with Gasteiger partial charge in [0.15, 0.2) is 0 Å². The Balaban J connectivity index is 2.51. The van der Waals surface area contributed by atoms with E-state index in [1.54, 1.807) is 0 Å². The van der Waals surface area contributed by atoms with E-state index in [9.17, 15) is 4.79 Å². The molecule has 16 heavy (non-hydrogen) atoms. The highest BCUT2D eigenvalue weighted by atomic mass is 16.1. The first-order valence-corrected chi connectivity index (χ1v) is 6.20. The molecule has 1 amide bonds. The molecule has 0 aromatic heterocycles. The zero-order valence-corrected chi connectivity index (χ0v) is 10.8. The number of amides is 1. The van der Waals surface area contributed by atoms with Gasteiger partial charge < -0.3 is 16.0 Å². The Bertz CT molecular complexity index is 242. The lowest BCUT2D eigenvalue weighted by Gasteiger charge is -2.28. The van der Waals surface area contributed by atoms with Gasteiger partial charge in [-0.2, -0.15) is 0 Å². The Morgan fingerprint density at radius 3 is 2.69 bits per heavy atom. The van der Waals surface area contributed by atoms with Crippen LogP contribution in [0.5, 0.6) is 0 Å². The molecule has 1 saturated carbocycles. The molecule has 0 saturated heterocycles. The van der Waals surface area contributed by atoms with Gasteiger partial charge in [-0.3, -0.25) is 4.79 Å². The van der Waals surface area contributed by atoms with Gasteiger partial charge >= 0.3 is 0 Å². The second kappa shape index (κ2) is 5.64. The number of nitrogens with zero attached hydrogens (tertiary/aromatic N) is 1. The monoisotopic (exact) mass is 227 g/mol. The number of rotatable bonds is 6. The molecule has 2 unspecified atom stereocenters. The molecule has 0 bridgehead atoms. The lowest BCUT2D eigenvalue weighted by atomic mass is 9.94. The third-order valence-electron chi connectivity index (χ3n) is 3.69. The van der Waals surface area contributed by atoms with Crippen LogP contribution in [0.4, 0.5) is 0 Å². The summed E-state index contributed by atoms with van der Waals surface area (Å²) in [7, 11) is 4.06. The molecule has 0 aromatic carbocycles. The normalized spacial score (nSPS) is 29.9. The lowest BCUT2D eigenvalue weighted by molar-refractivity contribution is -0.124. The summed E-state index contributed by atoms with van der Waals surface area (Å²) in [5, 5.41) is 3.37. The topological polar surface area (TPSA) is 58.4 Å². The van der Waals surface area contributed by atoms with Crippen molar-refractivity contribution in [2.45, 2.75) is 38.1 Å². The van der Waals surface area contributed by atoms with Crippen LogP contribution >= 0.6 is 0 Å². The molecule has 1 aliphatic rings. The Hall–Kier alpha value is -0.610. The van der Waals surface area contributed by atoms with E-state index in [4.69, 9.17) is 5.73 Å². The van der Waals surface area contributed by atoms with Crippen LogP contribution in [0, 0.1) is 5.92 Å². The van der Waals surface area contributed by atoms with Crippen molar-refractivity contribution in [3.63, 3.8) is 0 Å². The van der Waals surface area contributed by atoms with Crippen LogP contribution in [0.25, 0.3) is 0 Å². The van der Waals surface area contributed by atoms with E-state index in [-0.39, 0.29) is 5.91 Å². The molecule has 0 radical (unpaired) electrons. The number of carbonyl (C=O) groups is 1. The predicted octanol–water partition coefficient (Wildman–Crippen LogP) is 0.572. The summed E-state index contributed by atoms with van der Waals surface area (Å²) in [6.45, 7) is 3.94. The maximum atomic E-state index is 11.6. The van der Waals surface area contributed by atoms with Crippen LogP contribution in [-0.2, 0) is 4.79 Å². The summed E-state index contributed by atoms with van der Waals surface area (Å²) in [4.78, 5) is 13.7. The Morgan fingerprint density at radius 1 is 1.56 bits per heavy atom. The number of likely N-dealkylation sites (N-methyl/N-ethyl adjacent to an activating group) is 1. The number of carbonyl (C=O) groups excluding carboxylic acids is 1. The van der Waals surface area contributed by atoms with Gasteiger partial charge in [-0.15, -0.1) is 0 Å². The van der Waals surface area contributed by atoms with E-state index in [1.807, 2.05) is 14.1 Å². The van der Waals surface area contributed by atoms with Gasteiger partial charge in [0.25, 0.3) is 0 Å². The third-order valence-corrected chi connectivity index (χ3v) is 3.69. The minimum absolute atomic E-state index is 0.179. The first-order chi connectivity index (χ1) is 7.50. The second-order valence-corrected chi connectivity index (χ2v) is 5.19. The standard InChI is InChI=1S/C12H25N3O/c1-4-10-5-6-12(9-10,11(13)16)14-7-8-15(2)3/h10,14H,4-9H2,1-3H3,(H2,13,16). The Labute approximate surface area is 98.6 Å². The molecule has 2 atom stereocenters. The van der Waals surface area contributed by atoms with Crippen LogP contribution in [0.3, 0.4) is 0 Å². The molecule has 3 N–H and O–H groups in total. The summed E-state index contributed by atoms with van der Waals surface area (Å²) in [6.07, 6.45) is 4.07. The average molecular weight is 227 g/mol. The van der Waals surface area contributed by atoms with E-state index < -0.39 is 5.54 Å². The summed E-state index contributed by atoms with van der Waals surface area (Å²) < 4.78 is 0. The lowest BCUT2D eigenvalue weighted by Crippen LogP contribution is -2.55. The molecule has 0 spiro atoms. The summed E-state index contributed by atoms with van der Waals surface area (Å²) in [6, 6.07) is 0. The Kier molecular flexibility index (Phi) is 4.74. The van der Waals surface area contributed by atoms with Crippen molar-refractivity contribution in [3.8, 4) is 0 Å². The average Bonchev–Trinajstić information content (AvgIpc) is 2.62. The number of nitrogens with two attached hydrogens (primary N) is 1. The number of hydrogen-bond acceptors (Lipinski definition) is 3. The van der Waals surface area contributed by atoms with Crippen molar-refractivity contribution >= 4 is 5.91 Å². The summed E-state index contributed by atoms with van der Waals surface area (Å²) in [5.74, 6) is 0.474. The van der Waals surface area contributed by atoms with Crippen molar-refractivity contribution in [2.24, 2.45) is 11.7 Å². The van der Waals surface area contributed by atoms with Gasteiger partial charge in [-0.05, 0) is 39.3 Å². The molecule has 0 aromatic rings. The molecule has 0 heterocycles. The van der Waals surface area contributed by atoms with Gasteiger partial charge in [0, 0.05) is 13.1 Å². The minimum Gasteiger partial charge on any atom is -0.368 e. The maximum absolute atomic E-state index is 11.6. The van der Waals surface area contributed by atoms with Crippen LogP contribution in [0.2, 0.25) is 0 Å². The molecule has 0 aliphatic heterocycles. The van der Waals surface area contributed by atoms with E-state index in [1.165, 1.54) is 0 Å². The van der Waals surface area contributed by atoms with Crippen molar-refractivity contribution in [1.82, 2.24) is 10.2 Å². The highest BCUT2D eigenvalue weighted by Crippen LogP contribution is 2.36. The van der Waals surface area contributed by atoms with Crippen molar-refractivity contribution in [2.75, 3.05) is 27.2 Å². The smallest absolute Gasteiger partial charge is 0.237 e. The van der Waals surface area contributed by atoms with Crippen molar-refractivity contribution in [1.29, 1.82) is 0 Å². The van der Waals surface area contributed by atoms with Crippen LogP contribution in [0.1, 0.15) is 32.6 Å². The largest absolute Gasteiger partial charge is 0.368 e. The molecule has 1 aliphatic carbocycles. The van der Waals surface area contributed by atoms with Gasteiger partial charge in [0.2, 0.25) is 5.91 Å². The van der Waals surface area contributed by atoms with E-state index in [0.717, 1.165) is 38.8 Å². The van der Waals surface area contributed by atoms with Gasteiger partial charge in [-0.1, -0.05) is 13.3 Å². The predicted molar refractivity (Wildman–Crippen MR) is 66.1 cm³/mol. The highest BCUT2D eigenvalue weighted by Gasteiger charge is 2.42. The van der Waals surface area contributed by atoms with Crippen molar-refractivity contribution < 1.29 is 4.79 Å². The SMILES string of the molecule is CCC1CCC(NCCN(C)C)(C(N)=O)C1. The number of hydrogen-bond donors (Lipinski definition) is 2. The third kappa shape index (κ3) is 3.19. The molecule has 1 fully saturated rings. The van der Waals surface area contributed by atoms with Crippen molar-refractivity contribution in [3.05, 3.63) is 0 Å². The fourth-order valence-corrected chi connectivity index (χ4v) is 2.49. The molecular formula is C12H25N3O. The summed E-state index contributed by atoms with van der Waals surface area (Å²) >= 11 is 0. The molecular weight excluding hydrogens is 202 g/mol. The zero-order chi connectivity index (χ0) is 12.2. The zero-order valence-electron chi connectivity index (χ0n) is 10.8. The highest BCUT2D eigenvalue weighted by molar-refractivity contribution is 5.85. The minimum atomic E-state index is -0.434. The van der Waals surface area contributed by atoms with E-state index >= 15 is 0 Å². The van der Waals surface area contributed by atoms with Gasteiger partial charge in [-0.25, -0.2) is 0 Å². The van der Waals surface area contributed by atoms with E-state index in [0.29, 0.717) is 5.92 Å². The second-order valence-electron chi connectivity index (χ2n) is 5.19. The van der Waals surface area contributed by atoms with Crippen LogP contribution < -0.4 is 11.1 Å². The quantitative estimate of drug-likeness (QED) is 0.697. The van der Waals surface area contributed by atoms with Crippen LogP contribution in [0.15, 0.2) is 0 Å². The molecule has 4 heteroatoms. The first kappa shape index (κ1) is 13.5. The molecule has 94 valence electrons. The van der Waals surface area contributed by atoms with Gasteiger partial charge in [0.05, 0.1) is 5.54 Å².